The van der Waals surface area contributed by atoms with Crippen LogP contribution in [0.5, 0.6) is 0 Å². The lowest BCUT2D eigenvalue weighted by atomic mass is 10.00. The van der Waals surface area contributed by atoms with Crippen LogP contribution in [0.15, 0.2) is 48.5 Å². The zero-order chi connectivity index (χ0) is 20.1. The number of hydrogen-bond acceptors (Lipinski definition) is 4. The molecule has 1 saturated heterocycles. The van der Waals surface area contributed by atoms with Gasteiger partial charge in [-0.1, -0.05) is 35.3 Å². The van der Waals surface area contributed by atoms with Crippen molar-refractivity contribution in [2.45, 2.75) is 18.1 Å². The van der Waals surface area contributed by atoms with Gasteiger partial charge in [0.05, 0.1) is 23.3 Å². The van der Waals surface area contributed by atoms with Crippen molar-refractivity contribution in [1.82, 2.24) is 10.6 Å². The van der Waals surface area contributed by atoms with E-state index in [1.54, 1.807) is 48.5 Å². The lowest BCUT2D eigenvalue weighted by Crippen LogP contribution is -2.44. The number of nitrogens with one attached hydrogen (secondary N) is 2. The van der Waals surface area contributed by atoms with Crippen molar-refractivity contribution in [3.8, 4) is 0 Å². The van der Waals surface area contributed by atoms with Gasteiger partial charge >= 0.3 is 0 Å². The summed E-state index contributed by atoms with van der Waals surface area (Å²) in [4.78, 5) is 24.4. The van der Waals surface area contributed by atoms with Gasteiger partial charge in [-0.3, -0.25) is 9.59 Å². The molecule has 8 heteroatoms. The molecule has 1 heterocycles. The van der Waals surface area contributed by atoms with Crippen LogP contribution in [-0.2, 0) is 4.74 Å². The number of amides is 2. The Morgan fingerprint density at radius 3 is 2.50 bits per heavy atom. The summed E-state index contributed by atoms with van der Waals surface area (Å²) in [6, 6.07) is 13.2. The van der Waals surface area contributed by atoms with Crippen molar-refractivity contribution >= 4 is 35.0 Å². The number of ether oxygens (including phenoxy) is 1. The molecule has 1 aliphatic heterocycles. The van der Waals surface area contributed by atoms with Crippen LogP contribution in [-0.4, -0.2) is 48.3 Å². The summed E-state index contributed by atoms with van der Waals surface area (Å²) in [6.45, 7) is 0.349. The van der Waals surface area contributed by atoms with Gasteiger partial charge in [-0.15, -0.1) is 0 Å². The maximum Gasteiger partial charge on any atom is 0.252 e. The first-order chi connectivity index (χ1) is 13.4. The Balaban J connectivity index is 1.47. The molecule has 0 radical (unpaired) electrons. The van der Waals surface area contributed by atoms with Crippen molar-refractivity contribution in [2.24, 2.45) is 0 Å². The third kappa shape index (κ3) is 5.23. The van der Waals surface area contributed by atoms with E-state index in [0.29, 0.717) is 21.2 Å². The molecule has 1 aliphatic rings. The molecular weight excluding hydrogens is 403 g/mol. The first kappa shape index (κ1) is 20.6. The summed E-state index contributed by atoms with van der Waals surface area (Å²) in [5, 5.41) is 17.0. The van der Waals surface area contributed by atoms with Crippen LogP contribution in [0.2, 0.25) is 10.0 Å². The van der Waals surface area contributed by atoms with Gasteiger partial charge in [-0.2, -0.15) is 0 Å². The van der Waals surface area contributed by atoms with Crippen molar-refractivity contribution in [1.29, 1.82) is 0 Å². The number of halogens is 2. The Labute approximate surface area is 172 Å². The van der Waals surface area contributed by atoms with Crippen LogP contribution < -0.4 is 10.6 Å². The van der Waals surface area contributed by atoms with Crippen LogP contribution in [0.4, 0.5) is 0 Å². The molecule has 2 aromatic carbocycles. The van der Waals surface area contributed by atoms with E-state index in [-0.39, 0.29) is 44.0 Å². The number of benzene rings is 2. The van der Waals surface area contributed by atoms with Crippen LogP contribution in [0.25, 0.3) is 0 Å². The van der Waals surface area contributed by atoms with Crippen molar-refractivity contribution in [2.75, 3.05) is 19.7 Å². The van der Waals surface area contributed by atoms with Crippen LogP contribution in [0.3, 0.4) is 0 Å². The van der Waals surface area contributed by atoms with Crippen molar-refractivity contribution < 1.29 is 19.4 Å². The molecule has 2 amide bonds. The van der Waals surface area contributed by atoms with E-state index in [2.05, 4.69) is 10.6 Å². The highest BCUT2D eigenvalue weighted by atomic mass is 35.5. The van der Waals surface area contributed by atoms with Gasteiger partial charge in [0.1, 0.15) is 5.60 Å². The van der Waals surface area contributed by atoms with E-state index < -0.39 is 5.60 Å². The molecule has 2 aromatic rings. The molecule has 0 spiro atoms. The van der Waals surface area contributed by atoms with Gasteiger partial charge in [-0.25, -0.2) is 0 Å². The van der Waals surface area contributed by atoms with Crippen molar-refractivity contribution in [3.63, 3.8) is 0 Å². The summed E-state index contributed by atoms with van der Waals surface area (Å²) in [6.07, 6.45) is -0.0691. The summed E-state index contributed by atoms with van der Waals surface area (Å²) in [7, 11) is 0. The van der Waals surface area contributed by atoms with Crippen LogP contribution in [0, 0.1) is 0 Å². The van der Waals surface area contributed by atoms with Gasteiger partial charge in [-0.05, 0) is 36.4 Å². The number of carbonyl (C=O) groups excluding carboxylic acids is 2. The van der Waals surface area contributed by atoms with E-state index in [4.69, 9.17) is 27.9 Å². The highest BCUT2D eigenvalue weighted by Crippen LogP contribution is 2.24. The molecule has 6 nitrogen and oxygen atoms in total. The molecule has 3 N–H and O–H groups in total. The fourth-order valence-corrected chi connectivity index (χ4v) is 3.31. The first-order valence-electron chi connectivity index (χ1n) is 8.77. The fourth-order valence-electron chi connectivity index (χ4n) is 2.96. The minimum absolute atomic E-state index is 0.0451. The van der Waals surface area contributed by atoms with Gasteiger partial charge in [0.15, 0.2) is 0 Å². The number of rotatable bonds is 6. The summed E-state index contributed by atoms with van der Waals surface area (Å²) < 4.78 is 5.57. The topological polar surface area (TPSA) is 87.7 Å². The fraction of sp³-hybridized carbons (Fsp3) is 0.300. The quantitative estimate of drug-likeness (QED) is 0.667. The van der Waals surface area contributed by atoms with Crippen LogP contribution in [0.1, 0.15) is 27.1 Å². The van der Waals surface area contributed by atoms with Crippen LogP contribution >= 0.6 is 23.2 Å². The predicted molar refractivity (Wildman–Crippen MR) is 107 cm³/mol. The smallest absolute Gasteiger partial charge is 0.252 e. The van der Waals surface area contributed by atoms with Gasteiger partial charge in [0, 0.05) is 30.1 Å². The summed E-state index contributed by atoms with van der Waals surface area (Å²) >= 11 is 11.8. The first-order valence-corrected chi connectivity index (χ1v) is 9.52. The lowest BCUT2D eigenvalue weighted by Gasteiger charge is -2.21. The molecule has 0 aliphatic carbocycles. The maximum absolute atomic E-state index is 12.2. The third-order valence-electron chi connectivity index (χ3n) is 4.49. The molecule has 0 saturated carbocycles. The maximum atomic E-state index is 12.2. The Kier molecular flexibility index (Phi) is 6.57. The molecule has 2 atom stereocenters. The highest BCUT2D eigenvalue weighted by Gasteiger charge is 2.38. The molecule has 2 unspecified atom stereocenters. The Morgan fingerprint density at radius 1 is 1.07 bits per heavy atom. The predicted octanol–water partition coefficient (Wildman–Crippen LogP) is 2.67. The Morgan fingerprint density at radius 2 is 1.79 bits per heavy atom. The van der Waals surface area contributed by atoms with E-state index in [0.717, 1.165) is 0 Å². The summed E-state index contributed by atoms with van der Waals surface area (Å²) in [5.41, 5.74) is -0.356. The van der Waals surface area contributed by atoms with Crippen molar-refractivity contribution in [3.05, 3.63) is 69.7 Å². The van der Waals surface area contributed by atoms with E-state index in [1.807, 2.05) is 0 Å². The Hall–Kier alpha value is -2.12. The summed E-state index contributed by atoms with van der Waals surface area (Å²) in [5.74, 6) is -0.610. The number of aliphatic hydroxyl groups is 1. The lowest BCUT2D eigenvalue weighted by molar-refractivity contribution is 0.0217. The molecule has 148 valence electrons. The molecule has 3 rings (SSSR count). The average molecular weight is 423 g/mol. The second-order valence-electron chi connectivity index (χ2n) is 6.74. The molecule has 0 bridgehead atoms. The minimum atomic E-state index is -1.19. The SMILES string of the molecule is O=C(NCC1(O)COC(CNC(=O)c2ccccc2Cl)C1)c1ccc(Cl)cc1. The zero-order valence-electron chi connectivity index (χ0n) is 15.0. The van der Waals surface area contributed by atoms with Gasteiger partial charge in [0.25, 0.3) is 11.8 Å². The minimum Gasteiger partial charge on any atom is -0.386 e. The standard InChI is InChI=1S/C20H20Cl2N2O4/c21-14-7-5-13(6-8-14)18(25)24-11-20(27)9-15(28-12-20)10-23-19(26)16-3-1-2-4-17(16)22/h1-8,15,27H,9-12H2,(H,23,26)(H,24,25). The van der Waals surface area contributed by atoms with Gasteiger partial charge in [0.2, 0.25) is 0 Å². The number of hydrogen-bond donors (Lipinski definition) is 3. The molecular formula is C20H20Cl2N2O4. The van der Waals surface area contributed by atoms with E-state index in [1.165, 1.54) is 0 Å². The normalized spacial score (nSPS) is 21.3. The highest BCUT2D eigenvalue weighted by molar-refractivity contribution is 6.33. The monoisotopic (exact) mass is 422 g/mol. The number of carbonyl (C=O) groups is 2. The molecule has 1 fully saturated rings. The second kappa shape index (κ2) is 8.92. The Bertz CT molecular complexity index is 860. The van der Waals surface area contributed by atoms with E-state index >= 15 is 0 Å². The largest absolute Gasteiger partial charge is 0.386 e. The zero-order valence-corrected chi connectivity index (χ0v) is 16.5. The third-order valence-corrected chi connectivity index (χ3v) is 5.07. The molecule has 28 heavy (non-hydrogen) atoms. The van der Waals surface area contributed by atoms with E-state index in [9.17, 15) is 14.7 Å². The molecule has 0 aromatic heterocycles. The average Bonchev–Trinajstić information content (AvgIpc) is 3.07. The van der Waals surface area contributed by atoms with Gasteiger partial charge < -0.3 is 20.5 Å². The second-order valence-corrected chi connectivity index (χ2v) is 7.58.